The molecule has 1 aliphatic heterocycles. The molecular weight excluding hydrogens is 394 g/mol. The average molecular weight is 422 g/mol. The Morgan fingerprint density at radius 2 is 2.00 bits per heavy atom. The second-order valence-corrected chi connectivity index (χ2v) is 8.93. The molecule has 30 heavy (non-hydrogen) atoms. The van der Waals surface area contributed by atoms with Crippen LogP contribution >= 0.6 is 0 Å². The van der Waals surface area contributed by atoms with Crippen molar-refractivity contribution in [2.45, 2.75) is 58.6 Å². The van der Waals surface area contributed by atoms with Gasteiger partial charge in [-0.05, 0) is 55.7 Å². The zero-order valence-electron chi connectivity index (χ0n) is 17.7. The molecule has 0 bridgehead atoms. The number of hydrogen-bond donors (Lipinski definition) is 1. The summed E-state index contributed by atoms with van der Waals surface area (Å²) in [6.07, 6.45) is 2.49. The minimum absolute atomic E-state index is 0.222. The Morgan fingerprint density at radius 1 is 1.30 bits per heavy atom. The summed E-state index contributed by atoms with van der Waals surface area (Å²) in [5, 5.41) is 2.38. The number of benzene rings is 1. The first kappa shape index (κ1) is 22.2. The third kappa shape index (κ3) is 4.18. The van der Waals surface area contributed by atoms with Crippen molar-refractivity contribution in [2.24, 2.45) is 17.8 Å². The molecule has 4 atom stereocenters. The van der Waals surface area contributed by atoms with Crippen LogP contribution in [0.2, 0.25) is 0 Å². The Labute approximate surface area is 174 Å². The van der Waals surface area contributed by atoms with E-state index in [1.165, 1.54) is 6.92 Å². The first-order valence-corrected chi connectivity index (χ1v) is 10.3. The minimum Gasteiger partial charge on any atom is -0.461 e. The van der Waals surface area contributed by atoms with E-state index in [9.17, 15) is 23.2 Å². The lowest BCUT2D eigenvalue weighted by molar-refractivity contribution is -0.158. The zero-order valence-corrected chi connectivity index (χ0v) is 17.7. The molecule has 1 aliphatic carbocycles. The number of nitrogens with zero attached hydrogens (tertiary/aromatic N) is 1. The highest BCUT2D eigenvalue weighted by Gasteiger charge is 2.51. The molecule has 0 spiro atoms. The summed E-state index contributed by atoms with van der Waals surface area (Å²) in [6, 6.07) is 1.84. The minimum atomic E-state index is -1.80. The van der Waals surface area contributed by atoms with Gasteiger partial charge < -0.3 is 10.1 Å². The van der Waals surface area contributed by atoms with E-state index < -0.39 is 41.6 Å². The van der Waals surface area contributed by atoms with Gasteiger partial charge in [-0.2, -0.15) is 0 Å². The molecular formula is C22H28F2N2O4. The molecule has 1 aromatic carbocycles. The second-order valence-electron chi connectivity index (χ2n) is 8.93. The van der Waals surface area contributed by atoms with Crippen LogP contribution in [0.3, 0.4) is 0 Å². The van der Waals surface area contributed by atoms with Gasteiger partial charge in [0.05, 0.1) is 0 Å². The maximum atomic E-state index is 14.2. The smallest absolute Gasteiger partial charge is 0.326 e. The van der Waals surface area contributed by atoms with Crippen molar-refractivity contribution in [3.05, 3.63) is 35.4 Å². The lowest BCUT2D eigenvalue weighted by Crippen LogP contribution is -2.43. The number of imide groups is 1. The fraction of sp³-hybridized carbons (Fsp3) is 0.591. The van der Waals surface area contributed by atoms with Gasteiger partial charge in [0.25, 0.3) is 5.91 Å². The standard InChI is InChI=1S/C22H28F2N2O4/c1-12(2)15-7-5-13(3)9-18(15)30-19(27)11-26-20(28)22(4,25-21(26)29)16-10-14(23)6-8-17(16)24/h6,8,10,12-13,15,18H,5,7,9,11H2,1-4H3,(H,25,29). The molecule has 8 heteroatoms. The van der Waals surface area contributed by atoms with E-state index in [1.54, 1.807) is 0 Å². The lowest BCUT2D eigenvalue weighted by atomic mass is 9.75. The van der Waals surface area contributed by atoms with Crippen LogP contribution in [0.1, 0.15) is 52.5 Å². The topological polar surface area (TPSA) is 75.7 Å². The van der Waals surface area contributed by atoms with Gasteiger partial charge in [0.1, 0.15) is 29.8 Å². The molecule has 1 aromatic rings. The summed E-state index contributed by atoms with van der Waals surface area (Å²) in [4.78, 5) is 38.6. The molecule has 4 unspecified atom stereocenters. The number of hydrogen-bond acceptors (Lipinski definition) is 4. The number of rotatable bonds is 5. The molecule has 1 N–H and O–H groups in total. The summed E-state index contributed by atoms with van der Waals surface area (Å²) < 4.78 is 33.5. The molecule has 164 valence electrons. The Kier molecular flexibility index (Phi) is 6.15. The Hall–Kier alpha value is -2.51. The van der Waals surface area contributed by atoms with Gasteiger partial charge in [0.15, 0.2) is 0 Å². The van der Waals surface area contributed by atoms with Crippen molar-refractivity contribution in [2.75, 3.05) is 6.54 Å². The molecule has 0 aromatic heterocycles. The average Bonchev–Trinajstić information content (AvgIpc) is 2.87. The normalized spacial score (nSPS) is 29.3. The largest absolute Gasteiger partial charge is 0.461 e. The van der Waals surface area contributed by atoms with Gasteiger partial charge in [-0.1, -0.05) is 27.2 Å². The number of carbonyl (C=O) groups is 3. The summed E-state index contributed by atoms with van der Waals surface area (Å²) in [5.41, 5.74) is -2.10. The van der Waals surface area contributed by atoms with Crippen LogP contribution in [0.5, 0.6) is 0 Å². The van der Waals surface area contributed by atoms with E-state index in [0.717, 1.165) is 37.5 Å². The monoisotopic (exact) mass is 422 g/mol. The number of nitrogens with one attached hydrogen (secondary N) is 1. The number of carbonyl (C=O) groups excluding carboxylic acids is 3. The molecule has 0 radical (unpaired) electrons. The van der Waals surface area contributed by atoms with Crippen LogP contribution in [0, 0.1) is 29.4 Å². The van der Waals surface area contributed by atoms with Crippen molar-refractivity contribution in [1.29, 1.82) is 0 Å². The Morgan fingerprint density at radius 3 is 2.67 bits per heavy atom. The van der Waals surface area contributed by atoms with E-state index in [1.807, 2.05) is 0 Å². The van der Waals surface area contributed by atoms with Gasteiger partial charge >= 0.3 is 12.0 Å². The third-order valence-corrected chi connectivity index (χ3v) is 6.27. The predicted molar refractivity (Wildman–Crippen MR) is 105 cm³/mol. The number of amides is 3. The third-order valence-electron chi connectivity index (χ3n) is 6.27. The van der Waals surface area contributed by atoms with Crippen LogP contribution < -0.4 is 5.32 Å². The second kappa shape index (κ2) is 8.32. The van der Waals surface area contributed by atoms with Gasteiger partial charge in [-0.15, -0.1) is 0 Å². The van der Waals surface area contributed by atoms with Crippen molar-refractivity contribution < 1.29 is 27.9 Å². The van der Waals surface area contributed by atoms with E-state index in [-0.39, 0.29) is 17.6 Å². The quantitative estimate of drug-likeness (QED) is 0.580. The van der Waals surface area contributed by atoms with E-state index in [4.69, 9.17) is 4.74 Å². The summed E-state index contributed by atoms with van der Waals surface area (Å²) in [6.45, 7) is 6.98. The van der Waals surface area contributed by atoms with Crippen molar-refractivity contribution in [3.8, 4) is 0 Å². The van der Waals surface area contributed by atoms with Gasteiger partial charge in [0, 0.05) is 5.56 Å². The summed E-state index contributed by atoms with van der Waals surface area (Å²) in [7, 11) is 0. The molecule has 3 rings (SSSR count). The van der Waals surface area contributed by atoms with Crippen molar-refractivity contribution in [3.63, 3.8) is 0 Å². The maximum Gasteiger partial charge on any atom is 0.326 e. The highest BCUT2D eigenvalue weighted by Crippen LogP contribution is 2.36. The molecule has 3 amide bonds. The van der Waals surface area contributed by atoms with Gasteiger partial charge in [-0.3, -0.25) is 14.5 Å². The number of esters is 1. The fourth-order valence-electron chi connectivity index (χ4n) is 4.49. The first-order valence-electron chi connectivity index (χ1n) is 10.3. The summed E-state index contributed by atoms with van der Waals surface area (Å²) >= 11 is 0. The zero-order chi connectivity index (χ0) is 22.2. The number of urea groups is 1. The number of halogens is 2. The molecule has 1 heterocycles. The first-order chi connectivity index (χ1) is 14.0. The summed E-state index contributed by atoms with van der Waals surface area (Å²) in [5.74, 6) is -2.09. The van der Waals surface area contributed by atoms with E-state index in [0.29, 0.717) is 16.7 Å². The van der Waals surface area contributed by atoms with Crippen LogP contribution in [-0.2, 0) is 19.9 Å². The highest BCUT2D eigenvalue weighted by molar-refractivity contribution is 6.08. The van der Waals surface area contributed by atoms with Crippen LogP contribution in [0.4, 0.5) is 13.6 Å². The SMILES string of the molecule is CC1CCC(C(C)C)C(OC(=O)CN2C(=O)NC(C)(c3cc(F)ccc3F)C2=O)C1. The van der Waals surface area contributed by atoms with Gasteiger partial charge in [-0.25, -0.2) is 13.6 Å². The number of ether oxygens (including phenoxy) is 1. The predicted octanol–water partition coefficient (Wildman–Crippen LogP) is 3.74. The van der Waals surface area contributed by atoms with Crippen LogP contribution in [-0.4, -0.2) is 35.5 Å². The molecule has 6 nitrogen and oxygen atoms in total. The highest BCUT2D eigenvalue weighted by atomic mass is 19.1. The molecule has 1 saturated carbocycles. The van der Waals surface area contributed by atoms with Crippen molar-refractivity contribution in [1.82, 2.24) is 10.2 Å². The van der Waals surface area contributed by atoms with E-state index in [2.05, 4.69) is 26.1 Å². The Bertz CT molecular complexity index is 860. The Balaban J connectivity index is 1.73. The van der Waals surface area contributed by atoms with Gasteiger partial charge in [0.2, 0.25) is 0 Å². The van der Waals surface area contributed by atoms with E-state index >= 15 is 0 Å². The van der Waals surface area contributed by atoms with Crippen molar-refractivity contribution >= 4 is 17.9 Å². The fourth-order valence-corrected chi connectivity index (χ4v) is 4.49. The van der Waals surface area contributed by atoms with Crippen LogP contribution in [0.25, 0.3) is 0 Å². The molecule has 1 saturated heterocycles. The lowest BCUT2D eigenvalue weighted by Gasteiger charge is -2.36. The molecule has 2 aliphatic rings. The maximum absolute atomic E-state index is 14.2. The van der Waals surface area contributed by atoms with Crippen LogP contribution in [0.15, 0.2) is 18.2 Å². The molecule has 2 fully saturated rings.